The fraction of sp³-hybridized carbons (Fsp3) is 0.316. The molecule has 4 heteroatoms. The maximum Gasteiger partial charge on any atom is 0.268 e. The molecule has 0 saturated carbocycles. The number of nitrogens with zero attached hydrogens (tertiary/aromatic N) is 1. The minimum atomic E-state index is -0.441. The Morgan fingerprint density at radius 2 is 2.00 bits per heavy atom. The summed E-state index contributed by atoms with van der Waals surface area (Å²) in [4.78, 5) is 14.9. The van der Waals surface area contributed by atoms with Crippen LogP contribution in [0.1, 0.15) is 17.5 Å². The van der Waals surface area contributed by atoms with Gasteiger partial charge in [0.05, 0.1) is 12.8 Å². The third-order valence-electron chi connectivity index (χ3n) is 4.59. The molecule has 0 unspecified atom stereocenters. The highest BCUT2D eigenvalue weighted by Gasteiger charge is 2.35. The predicted molar refractivity (Wildman–Crippen MR) is 88.2 cm³/mol. The lowest BCUT2D eigenvalue weighted by atomic mass is 9.99. The van der Waals surface area contributed by atoms with Crippen LogP contribution in [0.5, 0.6) is 11.5 Å². The maximum atomic E-state index is 13.0. The van der Waals surface area contributed by atoms with Crippen LogP contribution in [0.3, 0.4) is 0 Å². The zero-order valence-electron chi connectivity index (χ0n) is 13.1. The van der Waals surface area contributed by atoms with Crippen molar-refractivity contribution < 1.29 is 14.3 Å². The van der Waals surface area contributed by atoms with Crippen molar-refractivity contribution in [2.45, 2.75) is 25.4 Å². The lowest BCUT2D eigenvalue weighted by Crippen LogP contribution is -2.44. The largest absolute Gasteiger partial charge is 0.495 e. The van der Waals surface area contributed by atoms with Crippen molar-refractivity contribution in [3.8, 4) is 11.5 Å². The molecule has 118 valence electrons. The molecule has 1 amide bonds. The Kier molecular flexibility index (Phi) is 3.45. The zero-order valence-corrected chi connectivity index (χ0v) is 13.1. The van der Waals surface area contributed by atoms with E-state index in [1.165, 1.54) is 5.56 Å². The van der Waals surface area contributed by atoms with Crippen molar-refractivity contribution in [1.82, 2.24) is 0 Å². The van der Waals surface area contributed by atoms with Gasteiger partial charge in [0.15, 0.2) is 6.10 Å². The van der Waals surface area contributed by atoms with E-state index in [9.17, 15) is 4.79 Å². The highest BCUT2D eigenvalue weighted by molar-refractivity contribution is 5.99. The lowest BCUT2D eigenvalue weighted by molar-refractivity contribution is -0.124. The Balaban J connectivity index is 1.65. The standard InChI is InChI=1S/C19H19NO3/c1-22-16-10-4-7-13-8-5-11-20(18(13)16)19(21)17-12-14-6-2-3-9-15(14)23-17/h2-4,6-7,9-10,17H,5,8,11-12H2,1H3/t17-/m0/s1. The van der Waals surface area contributed by atoms with Gasteiger partial charge in [0.1, 0.15) is 11.5 Å². The Morgan fingerprint density at radius 3 is 2.83 bits per heavy atom. The normalized spacial score (nSPS) is 18.8. The predicted octanol–water partition coefficient (Wildman–Crippen LogP) is 2.98. The molecule has 2 heterocycles. The molecule has 1 atom stereocenters. The van der Waals surface area contributed by atoms with Crippen molar-refractivity contribution in [3.63, 3.8) is 0 Å². The molecule has 0 spiro atoms. The quantitative estimate of drug-likeness (QED) is 0.856. The molecule has 4 nitrogen and oxygen atoms in total. The third-order valence-corrected chi connectivity index (χ3v) is 4.59. The van der Waals surface area contributed by atoms with Gasteiger partial charge in [-0.05, 0) is 36.1 Å². The number of hydrogen-bond donors (Lipinski definition) is 0. The Labute approximate surface area is 135 Å². The van der Waals surface area contributed by atoms with Crippen molar-refractivity contribution in [1.29, 1.82) is 0 Å². The van der Waals surface area contributed by atoms with E-state index in [0.717, 1.165) is 35.6 Å². The van der Waals surface area contributed by atoms with Crippen LogP contribution in [0.2, 0.25) is 0 Å². The fourth-order valence-electron chi connectivity index (χ4n) is 3.49. The number of carbonyl (C=O) groups excluding carboxylic acids is 1. The van der Waals surface area contributed by atoms with Gasteiger partial charge in [-0.25, -0.2) is 0 Å². The summed E-state index contributed by atoms with van der Waals surface area (Å²) in [6.07, 6.45) is 2.13. The third kappa shape index (κ3) is 2.34. The molecule has 0 saturated heterocycles. The van der Waals surface area contributed by atoms with E-state index in [4.69, 9.17) is 9.47 Å². The second-order valence-corrected chi connectivity index (χ2v) is 5.98. The van der Waals surface area contributed by atoms with Crippen LogP contribution in [0.4, 0.5) is 5.69 Å². The minimum absolute atomic E-state index is 0.0200. The summed E-state index contributed by atoms with van der Waals surface area (Å²) in [5.74, 6) is 1.60. The Morgan fingerprint density at radius 1 is 1.17 bits per heavy atom. The average Bonchev–Trinajstić information content (AvgIpc) is 3.04. The second-order valence-electron chi connectivity index (χ2n) is 5.98. The van der Waals surface area contributed by atoms with Crippen LogP contribution < -0.4 is 14.4 Å². The molecule has 4 rings (SSSR count). The highest BCUT2D eigenvalue weighted by Crippen LogP contribution is 2.38. The van der Waals surface area contributed by atoms with Crippen molar-refractivity contribution in [2.75, 3.05) is 18.6 Å². The monoisotopic (exact) mass is 309 g/mol. The number of ether oxygens (including phenoxy) is 2. The number of aryl methyl sites for hydroxylation is 1. The molecule has 23 heavy (non-hydrogen) atoms. The maximum absolute atomic E-state index is 13.0. The van der Waals surface area contributed by atoms with E-state index in [-0.39, 0.29) is 5.91 Å². The van der Waals surface area contributed by atoms with Gasteiger partial charge in [0.25, 0.3) is 5.91 Å². The number of rotatable bonds is 2. The molecular formula is C19H19NO3. The molecule has 0 fully saturated rings. The summed E-state index contributed by atoms with van der Waals surface area (Å²) >= 11 is 0. The van der Waals surface area contributed by atoms with Crippen LogP contribution in [0.15, 0.2) is 42.5 Å². The first-order chi connectivity index (χ1) is 11.3. The Hall–Kier alpha value is -2.49. The molecular weight excluding hydrogens is 290 g/mol. The lowest BCUT2D eigenvalue weighted by Gasteiger charge is -2.32. The van der Waals surface area contributed by atoms with Gasteiger partial charge in [-0.2, -0.15) is 0 Å². The zero-order chi connectivity index (χ0) is 15.8. The summed E-state index contributed by atoms with van der Waals surface area (Å²) in [5.41, 5.74) is 3.17. The molecule has 0 N–H and O–H groups in total. The Bertz CT molecular complexity index is 717. The van der Waals surface area contributed by atoms with Gasteiger partial charge in [0.2, 0.25) is 0 Å². The molecule has 2 aliphatic heterocycles. The molecule has 0 bridgehead atoms. The number of amides is 1. The van der Waals surface area contributed by atoms with E-state index in [1.54, 1.807) is 7.11 Å². The van der Waals surface area contributed by atoms with Gasteiger partial charge in [-0.15, -0.1) is 0 Å². The summed E-state index contributed by atoms with van der Waals surface area (Å²) in [7, 11) is 1.65. The van der Waals surface area contributed by atoms with E-state index in [0.29, 0.717) is 13.0 Å². The summed E-state index contributed by atoms with van der Waals surface area (Å²) in [5, 5.41) is 0. The van der Waals surface area contributed by atoms with E-state index in [2.05, 4.69) is 6.07 Å². The SMILES string of the molecule is COc1cccc2c1N(C(=O)[C@@H]1Cc3ccccc3O1)CCC2. The number of anilines is 1. The molecule has 0 aliphatic carbocycles. The minimum Gasteiger partial charge on any atom is -0.495 e. The topological polar surface area (TPSA) is 38.8 Å². The number of benzene rings is 2. The van der Waals surface area contributed by atoms with Crippen molar-refractivity contribution in [2.24, 2.45) is 0 Å². The first-order valence-electron chi connectivity index (χ1n) is 8.00. The van der Waals surface area contributed by atoms with Gasteiger partial charge in [0, 0.05) is 13.0 Å². The van der Waals surface area contributed by atoms with Gasteiger partial charge in [-0.3, -0.25) is 4.79 Å². The summed E-state index contributed by atoms with van der Waals surface area (Å²) in [6, 6.07) is 13.8. The number of methoxy groups -OCH3 is 1. The van der Waals surface area contributed by atoms with Crippen molar-refractivity contribution >= 4 is 11.6 Å². The smallest absolute Gasteiger partial charge is 0.268 e. The highest BCUT2D eigenvalue weighted by atomic mass is 16.5. The van der Waals surface area contributed by atoms with Crippen LogP contribution in [0.25, 0.3) is 0 Å². The molecule has 2 aliphatic rings. The first kappa shape index (κ1) is 14.1. The number of para-hydroxylation sites is 2. The van der Waals surface area contributed by atoms with Gasteiger partial charge < -0.3 is 14.4 Å². The van der Waals surface area contributed by atoms with Gasteiger partial charge in [-0.1, -0.05) is 30.3 Å². The van der Waals surface area contributed by atoms with Crippen LogP contribution in [0, 0.1) is 0 Å². The van der Waals surface area contributed by atoms with Crippen LogP contribution >= 0.6 is 0 Å². The van der Waals surface area contributed by atoms with Gasteiger partial charge >= 0.3 is 0 Å². The second kappa shape index (κ2) is 5.61. The van der Waals surface area contributed by atoms with Crippen LogP contribution in [-0.4, -0.2) is 25.7 Å². The van der Waals surface area contributed by atoms with E-state index in [1.807, 2.05) is 41.3 Å². The fourth-order valence-corrected chi connectivity index (χ4v) is 3.49. The molecule has 0 radical (unpaired) electrons. The molecule has 2 aromatic rings. The molecule has 2 aromatic carbocycles. The van der Waals surface area contributed by atoms with Crippen molar-refractivity contribution in [3.05, 3.63) is 53.6 Å². The first-order valence-corrected chi connectivity index (χ1v) is 8.00. The number of fused-ring (bicyclic) bond motifs is 2. The number of carbonyl (C=O) groups is 1. The van der Waals surface area contributed by atoms with E-state index >= 15 is 0 Å². The summed E-state index contributed by atoms with van der Waals surface area (Å²) < 4.78 is 11.4. The molecule has 0 aromatic heterocycles. The number of hydrogen-bond acceptors (Lipinski definition) is 3. The van der Waals surface area contributed by atoms with Crippen LogP contribution in [-0.2, 0) is 17.6 Å². The average molecular weight is 309 g/mol. The van der Waals surface area contributed by atoms with E-state index < -0.39 is 6.10 Å². The summed E-state index contributed by atoms with van der Waals surface area (Å²) in [6.45, 7) is 0.711.